The van der Waals surface area contributed by atoms with E-state index in [1.165, 1.54) is 16.5 Å². The lowest BCUT2D eigenvalue weighted by Crippen LogP contribution is -2.48. The van der Waals surface area contributed by atoms with Gasteiger partial charge in [0.25, 0.3) is 0 Å². The summed E-state index contributed by atoms with van der Waals surface area (Å²) in [5.74, 6) is 1.08. The molecule has 3 nitrogen and oxygen atoms in total. The summed E-state index contributed by atoms with van der Waals surface area (Å²) in [7, 11) is 0. The molecule has 1 aliphatic rings. The van der Waals surface area contributed by atoms with Gasteiger partial charge in [0.05, 0.1) is 6.54 Å². The van der Waals surface area contributed by atoms with Crippen molar-refractivity contribution in [1.29, 1.82) is 0 Å². The highest BCUT2D eigenvalue weighted by Crippen LogP contribution is 2.24. The largest absolute Gasteiger partial charge is 0.460 e. The highest BCUT2D eigenvalue weighted by molar-refractivity contribution is 5.79. The summed E-state index contributed by atoms with van der Waals surface area (Å²) >= 11 is 0. The van der Waals surface area contributed by atoms with E-state index in [4.69, 9.17) is 4.42 Å². The number of rotatable bonds is 2. The SMILES string of the molecule is Cc1cc2cc(CN3CCNC(C)C3)oc2cc1C. The van der Waals surface area contributed by atoms with Gasteiger partial charge in [-0.1, -0.05) is 0 Å². The zero-order valence-corrected chi connectivity index (χ0v) is 12.0. The number of hydrogen-bond donors (Lipinski definition) is 1. The fourth-order valence-corrected chi connectivity index (χ4v) is 2.81. The Labute approximate surface area is 114 Å². The minimum Gasteiger partial charge on any atom is -0.460 e. The van der Waals surface area contributed by atoms with Gasteiger partial charge in [-0.2, -0.15) is 0 Å². The summed E-state index contributed by atoms with van der Waals surface area (Å²) in [5.41, 5.74) is 3.64. The first-order valence-electron chi connectivity index (χ1n) is 7.07. The molecule has 0 spiro atoms. The number of benzene rings is 1. The van der Waals surface area contributed by atoms with E-state index in [1.807, 2.05) is 0 Å². The zero-order valence-electron chi connectivity index (χ0n) is 12.0. The zero-order chi connectivity index (χ0) is 13.4. The molecular weight excluding hydrogens is 236 g/mol. The number of piperazine rings is 1. The molecule has 2 aromatic rings. The lowest BCUT2D eigenvalue weighted by Gasteiger charge is -2.30. The van der Waals surface area contributed by atoms with Crippen LogP contribution in [0.15, 0.2) is 22.6 Å². The molecule has 3 heteroatoms. The minimum atomic E-state index is 0.572. The normalized spacial score (nSPS) is 21.1. The third kappa shape index (κ3) is 2.67. The molecule has 0 amide bonds. The van der Waals surface area contributed by atoms with Gasteiger partial charge in [0.15, 0.2) is 0 Å². The summed E-state index contributed by atoms with van der Waals surface area (Å²) < 4.78 is 5.98. The van der Waals surface area contributed by atoms with Gasteiger partial charge < -0.3 is 9.73 Å². The second-order valence-electron chi connectivity index (χ2n) is 5.78. The maximum absolute atomic E-state index is 5.98. The van der Waals surface area contributed by atoms with E-state index >= 15 is 0 Å². The van der Waals surface area contributed by atoms with Crippen LogP contribution in [0.5, 0.6) is 0 Å². The van der Waals surface area contributed by atoms with Crippen molar-refractivity contribution in [3.63, 3.8) is 0 Å². The molecule has 102 valence electrons. The predicted molar refractivity (Wildman–Crippen MR) is 78.4 cm³/mol. The first-order chi connectivity index (χ1) is 9.11. The van der Waals surface area contributed by atoms with E-state index in [2.05, 4.69) is 49.2 Å². The third-order valence-corrected chi connectivity index (χ3v) is 4.02. The summed E-state index contributed by atoms with van der Waals surface area (Å²) in [6.45, 7) is 10.7. The van der Waals surface area contributed by atoms with Gasteiger partial charge in [-0.25, -0.2) is 0 Å². The van der Waals surface area contributed by atoms with Gasteiger partial charge >= 0.3 is 0 Å². The molecule has 0 radical (unpaired) electrons. The third-order valence-electron chi connectivity index (χ3n) is 4.02. The Hall–Kier alpha value is -1.32. The quantitative estimate of drug-likeness (QED) is 0.898. The average molecular weight is 258 g/mol. The van der Waals surface area contributed by atoms with Crippen molar-refractivity contribution in [3.05, 3.63) is 35.1 Å². The van der Waals surface area contributed by atoms with Crippen molar-refractivity contribution in [3.8, 4) is 0 Å². The summed E-state index contributed by atoms with van der Waals surface area (Å²) in [6.07, 6.45) is 0. The van der Waals surface area contributed by atoms with Crippen LogP contribution in [-0.2, 0) is 6.54 Å². The van der Waals surface area contributed by atoms with Crippen molar-refractivity contribution < 1.29 is 4.42 Å². The molecule has 1 atom stereocenters. The van der Waals surface area contributed by atoms with Crippen molar-refractivity contribution in [2.45, 2.75) is 33.4 Å². The number of furan rings is 1. The van der Waals surface area contributed by atoms with E-state index in [1.54, 1.807) is 0 Å². The molecule has 1 unspecified atom stereocenters. The van der Waals surface area contributed by atoms with Crippen molar-refractivity contribution in [2.75, 3.05) is 19.6 Å². The van der Waals surface area contributed by atoms with Crippen LogP contribution in [0.25, 0.3) is 11.0 Å². The molecule has 1 saturated heterocycles. The number of hydrogen-bond acceptors (Lipinski definition) is 3. The lowest BCUT2D eigenvalue weighted by molar-refractivity contribution is 0.188. The standard InChI is InChI=1S/C16H22N2O/c1-11-6-14-8-15(19-16(14)7-12(11)2)10-18-5-4-17-13(3)9-18/h6-8,13,17H,4-5,9-10H2,1-3H3. The number of fused-ring (bicyclic) bond motifs is 1. The summed E-state index contributed by atoms with van der Waals surface area (Å²) in [5, 5.41) is 4.69. The minimum absolute atomic E-state index is 0.572. The van der Waals surface area contributed by atoms with E-state index < -0.39 is 0 Å². The van der Waals surface area contributed by atoms with Crippen LogP contribution in [0.3, 0.4) is 0 Å². The molecule has 1 fully saturated rings. The number of nitrogens with one attached hydrogen (secondary N) is 1. The second-order valence-corrected chi connectivity index (χ2v) is 5.78. The summed E-state index contributed by atoms with van der Waals surface area (Å²) in [4.78, 5) is 2.46. The van der Waals surface area contributed by atoms with Gasteiger partial charge in [0.2, 0.25) is 0 Å². The molecule has 0 aliphatic carbocycles. The molecule has 3 rings (SSSR count). The molecule has 0 bridgehead atoms. The second kappa shape index (κ2) is 4.99. The van der Waals surface area contributed by atoms with Crippen LogP contribution in [0.4, 0.5) is 0 Å². The van der Waals surface area contributed by atoms with E-state index in [9.17, 15) is 0 Å². The Balaban J connectivity index is 1.81. The van der Waals surface area contributed by atoms with E-state index in [0.29, 0.717) is 6.04 Å². The van der Waals surface area contributed by atoms with Crippen molar-refractivity contribution in [1.82, 2.24) is 10.2 Å². The Morgan fingerprint density at radius 2 is 2.05 bits per heavy atom. The maximum atomic E-state index is 5.98. The predicted octanol–water partition coefficient (Wildman–Crippen LogP) is 2.84. The van der Waals surface area contributed by atoms with Gasteiger partial charge in [-0.15, -0.1) is 0 Å². The monoisotopic (exact) mass is 258 g/mol. The van der Waals surface area contributed by atoms with Gasteiger partial charge in [0.1, 0.15) is 11.3 Å². The Kier molecular flexibility index (Phi) is 3.33. The molecule has 1 aliphatic heterocycles. The van der Waals surface area contributed by atoms with Crippen LogP contribution in [0.1, 0.15) is 23.8 Å². The first kappa shape index (κ1) is 12.7. The fourth-order valence-electron chi connectivity index (χ4n) is 2.81. The number of nitrogens with zero attached hydrogens (tertiary/aromatic N) is 1. The smallest absolute Gasteiger partial charge is 0.134 e. The number of aryl methyl sites for hydroxylation is 2. The van der Waals surface area contributed by atoms with Crippen LogP contribution >= 0.6 is 0 Å². The van der Waals surface area contributed by atoms with Crippen LogP contribution < -0.4 is 5.32 Å². The average Bonchev–Trinajstić information content (AvgIpc) is 2.71. The molecular formula is C16H22N2O. The molecule has 19 heavy (non-hydrogen) atoms. The highest BCUT2D eigenvalue weighted by Gasteiger charge is 2.17. The molecule has 0 saturated carbocycles. The van der Waals surface area contributed by atoms with Crippen LogP contribution in [0.2, 0.25) is 0 Å². The van der Waals surface area contributed by atoms with Gasteiger partial charge in [0, 0.05) is 31.1 Å². The Bertz CT molecular complexity index is 549. The Morgan fingerprint density at radius 3 is 2.84 bits per heavy atom. The maximum Gasteiger partial charge on any atom is 0.134 e. The van der Waals surface area contributed by atoms with Gasteiger partial charge in [-0.05, 0) is 50.1 Å². The van der Waals surface area contributed by atoms with Gasteiger partial charge in [-0.3, -0.25) is 4.90 Å². The van der Waals surface area contributed by atoms with Crippen LogP contribution in [-0.4, -0.2) is 30.6 Å². The lowest BCUT2D eigenvalue weighted by atomic mass is 10.1. The van der Waals surface area contributed by atoms with Crippen molar-refractivity contribution in [2.24, 2.45) is 0 Å². The first-order valence-corrected chi connectivity index (χ1v) is 7.07. The van der Waals surface area contributed by atoms with E-state index in [-0.39, 0.29) is 0 Å². The van der Waals surface area contributed by atoms with Crippen LogP contribution in [0, 0.1) is 13.8 Å². The molecule has 1 aromatic heterocycles. The molecule has 2 heterocycles. The fraction of sp³-hybridized carbons (Fsp3) is 0.500. The van der Waals surface area contributed by atoms with Crippen molar-refractivity contribution >= 4 is 11.0 Å². The molecule has 1 N–H and O–H groups in total. The summed E-state index contributed by atoms with van der Waals surface area (Å²) in [6, 6.07) is 7.13. The van der Waals surface area contributed by atoms with E-state index in [0.717, 1.165) is 37.5 Å². The topological polar surface area (TPSA) is 28.4 Å². The Morgan fingerprint density at radius 1 is 1.26 bits per heavy atom. The molecule has 1 aromatic carbocycles. The highest BCUT2D eigenvalue weighted by atomic mass is 16.3.